The summed E-state index contributed by atoms with van der Waals surface area (Å²) in [5.74, 6) is 2.11. The lowest BCUT2D eigenvalue weighted by Gasteiger charge is -2.32. The highest BCUT2D eigenvalue weighted by atomic mass is 16.1. The molecule has 0 aliphatic heterocycles. The number of benzene rings is 1. The third-order valence-corrected chi connectivity index (χ3v) is 5.06. The Morgan fingerprint density at radius 2 is 1.84 bits per heavy atom. The van der Waals surface area contributed by atoms with Crippen LogP contribution in [-0.4, -0.2) is 24.5 Å². The van der Waals surface area contributed by atoms with Crippen LogP contribution in [0.2, 0.25) is 0 Å². The summed E-state index contributed by atoms with van der Waals surface area (Å²) < 4.78 is 0. The summed E-state index contributed by atoms with van der Waals surface area (Å²) in [5.41, 5.74) is 6.86. The van der Waals surface area contributed by atoms with Crippen molar-refractivity contribution in [1.29, 1.82) is 0 Å². The molecule has 0 bridgehead atoms. The fraction of sp³-hybridized carbons (Fsp3) is 0.600. The number of nitrogens with two attached hydrogens (primary N) is 1. The highest BCUT2D eigenvalue weighted by molar-refractivity contribution is 5.92. The van der Waals surface area contributed by atoms with Crippen molar-refractivity contribution in [2.45, 2.75) is 59.0 Å². The number of primary amides is 1. The van der Waals surface area contributed by atoms with Crippen LogP contribution in [0.1, 0.15) is 62.4 Å². The van der Waals surface area contributed by atoms with Gasteiger partial charge in [-0.15, -0.1) is 0 Å². The van der Waals surface area contributed by atoms with E-state index < -0.39 is 5.91 Å². The molecule has 1 amide bonds. The molecule has 5 nitrogen and oxygen atoms in total. The van der Waals surface area contributed by atoms with Gasteiger partial charge in [-0.2, -0.15) is 0 Å². The van der Waals surface area contributed by atoms with E-state index in [2.05, 4.69) is 36.4 Å². The molecular weight excluding hydrogens is 312 g/mol. The third kappa shape index (κ3) is 6.07. The Balaban J connectivity index is 1.91. The molecule has 1 aromatic carbocycles. The largest absolute Gasteiger partial charge is 0.366 e. The number of amides is 1. The Bertz CT molecular complexity index is 572. The Morgan fingerprint density at radius 1 is 1.20 bits per heavy atom. The minimum Gasteiger partial charge on any atom is -0.366 e. The van der Waals surface area contributed by atoms with E-state index in [1.807, 2.05) is 12.1 Å². The van der Waals surface area contributed by atoms with Gasteiger partial charge in [0.2, 0.25) is 5.91 Å². The van der Waals surface area contributed by atoms with E-state index in [0.29, 0.717) is 18.2 Å². The maximum absolute atomic E-state index is 11.1. The summed E-state index contributed by atoms with van der Waals surface area (Å²) in [6.07, 6.45) is 5.01. The topological polar surface area (TPSA) is 79.5 Å². The van der Waals surface area contributed by atoms with Gasteiger partial charge in [-0.1, -0.05) is 26.0 Å². The number of guanidine groups is 1. The molecule has 0 spiro atoms. The number of carbonyl (C=O) groups is 1. The Morgan fingerprint density at radius 3 is 2.36 bits per heavy atom. The van der Waals surface area contributed by atoms with E-state index in [4.69, 9.17) is 5.73 Å². The molecule has 0 radical (unpaired) electrons. The van der Waals surface area contributed by atoms with E-state index in [9.17, 15) is 4.79 Å². The Labute approximate surface area is 151 Å². The predicted octanol–water partition coefficient (Wildman–Crippen LogP) is 3.06. The van der Waals surface area contributed by atoms with Gasteiger partial charge in [0.1, 0.15) is 0 Å². The Kier molecular flexibility index (Phi) is 7.29. The predicted molar refractivity (Wildman–Crippen MR) is 103 cm³/mol. The molecule has 0 heterocycles. The molecule has 0 aromatic heterocycles. The van der Waals surface area contributed by atoms with Crippen molar-refractivity contribution in [2.24, 2.45) is 22.6 Å². The number of nitrogens with zero attached hydrogens (tertiary/aromatic N) is 1. The smallest absolute Gasteiger partial charge is 0.248 e. The van der Waals surface area contributed by atoms with Gasteiger partial charge in [-0.25, -0.2) is 4.99 Å². The summed E-state index contributed by atoms with van der Waals surface area (Å²) in [5, 5.41) is 6.91. The highest BCUT2D eigenvalue weighted by Gasteiger charge is 2.23. The maximum Gasteiger partial charge on any atom is 0.248 e. The summed E-state index contributed by atoms with van der Waals surface area (Å²) in [6.45, 7) is 8.15. The molecule has 25 heavy (non-hydrogen) atoms. The van der Waals surface area contributed by atoms with Gasteiger partial charge < -0.3 is 16.4 Å². The van der Waals surface area contributed by atoms with Crippen molar-refractivity contribution in [3.63, 3.8) is 0 Å². The molecule has 0 saturated heterocycles. The number of hydrogen-bond acceptors (Lipinski definition) is 2. The van der Waals surface area contributed by atoms with Crippen molar-refractivity contribution >= 4 is 11.9 Å². The quantitative estimate of drug-likeness (QED) is 0.548. The van der Waals surface area contributed by atoms with Crippen LogP contribution in [0, 0.1) is 11.8 Å². The zero-order valence-electron chi connectivity index (χ0n) is 15.7. The first-order chi connectivity index (χ1) is 12.0. The second-order valence-electron chi connectivity index (χ2n) is 7.26. The Hall–Kier alpha value is -2.04. The molecule has 1 fully saturated rings. The van der Waals surface area contributed by atoms with E-state index in [0.717, 1.165) is 29.9 Å². The van der Waals surface area contributed by atoms with Crippen LogP contribution in [-0.2, 0) is 6.54 Å². The number of nitrogens with one attached hydrogen (secondary N) is 2. The molecule has 138 valence electrons. The molecule has 2 rings (SSSR count). The first-order valence-corrected chi connectivity index (χ1v) is 9.43. The summed E-state index contributed by atoms with van der Waals surface area (Å²) in [7, 11) is 0. The zero-order valence-corrected chi connectivity index (χ0v) is 15.7. The summed E-state index contributed by atoms with van der Waals surface area (Å²) in [4.78, 5) is 15.8. The van der Waals surface area contributed by atoms with Gasteiger partial charge in [0, 0.05) is 18.2 Å². The van der Waals surface area contributed by atoms with Crippen LogP contribution >= 0.6 is 0 Å². The van der Waals surface area contributed by atoms with Gasteiger partial charge in [-0.05, 0) is 62.1 Å². The lowest BCUT2D eigenvalue weighted by molar-refractivity contribution is 0.100. The second kappa shape index (κ2) is 9.44. The normalized spacial score (nSPS) is 21.2. The number of carbonyl (C=O) groups excluding carboxylic acids is 1. The van der Waals surface area contributed by atoms with Crippen molar-refractivity contribution in [2.75, 3.05) is 6.54 Å². The average Bonchev–Trinajstić information content (AvgIpc) is 2.60. The number of aliphatic imine (C=N–C) groups is 1. The summed E-state index contributed by atoms with van der Waals surface area (Å²) in [6, 6.07) is 7.81. The van der Waals surface area contributed by atoms with Gasteiger partial charge in [0.15, 0.2) is 5.96 Å². The molecule has 1 aliphatic rings. The molecule has 1 aliphatic carbocycles. The first-order valence-electron chi connectivity index (χ1n) is 9.43. The lowest BCUT2D eigenvalue weighted by Crippen LogP contribution is -2.45. The SMILES string of the molecule is CCNC(=NCc1ccc(C(N)=O)cc1)NC1CCC(C(C)C)CC1. The van der Waals surface area contributed by atoms with E-state index in [-0.39, 0.29) is 0 Å². The van der Waals surface area contributed by atoms with Gasteiger partial charge in [0.05, 0.1) is 6.54 Å². The number of rotatable bonds is 6. The number of hydrogen-bond donors (Lipinski definition) is 3. The fourth-order valence-electron chi connectivity index (χ4n) is 3.39. The molecule has 5 heteroatoms. The molecule has 0 atom stereocenters. The molecule has 0 unspecified atom stereocenters. The minimum absolute atomic E-state index is 0.401. The van der Waals surface area contributed by atoms with Crippen molar-refractivity contribution in [1.82, 2.24) is 10.6 Å². The van der Waals surface area contributed by atoms with Crippen LogP contribution in [0.3, 0.4) is 0 Å². The highest BCUT2D eigenvalue weighted by Crippen LogP contribution is 2.29. The van der Waals surface area contributed by atoms with E-state index in [1.54, 1.807) is 12.1 Å². The van der Waals surface area contributed by atoms with Crippen molar-refractivity contribution in [3.05, 3.63) is 35.4 Å². The van der Waals surface area contributed by atoms with Crippen LogP contribution in [0.5, 0.6) is 0 Å². The van der Waals surface area contributed by atoms with E-state index in [1.165, 1.54) is 25.7 Å². The molecule has 1 aromatic rings. The van der Waals surface area contributed by atoms with Crippen LogP contribution < -0.4 is 16.4 Å². The van der Waals surface area contributed by atoms with Crippen LogP contribution in [0.15, 0.2) is 29.3 Å². The lowest BCUT2D eigenvalue weighted by atomic mass is 9.80. The van der Waals surface area contributed by atoms with Gasteiger partial charge in [0.25, 0.3) is 0 Å². The van der Waals surface area contributed by atoms with Crippen molar-refractivity contribution in [3.8, 4) is 0 Å². The van der Waals surface area contributed by atoms with E-state index >= 15 is 0 Å². The average molecular weight is 345 g/mol. The second-order valence-corrected chi connectivity index (χ2v) is 7.26. The van der Waals surface area contributed by atoms with Gasteiger partial charge >= 0.3 is 0 Å². The standard InChI is InChI=1S/C20H32N4O/c1-4-22-20(24-18-11-9-16(10-12-18)14(2)3)23-13-15-5-7-17(8-6-15)19(21)25/h5-8,14,16,18H,4,9-13H2,1-3H3,(H2,21,25)(H2,22,23,24). The minimum atomic E-state index is -0.401. The zero-order chi connectivity index (χ0) is 18.2. The molecular formula is C20H32N4O. The van der Waals surface area contributed by atoms with Crippen molar-refractivity contribution < 1.29 is 4.79 Å². The molecule has 4 N–H and O–H groups in total. The monoisotopic (exact) mass is 344 g/mol. The summed E-state index contributed by atoms with van der Waals surface area (Å²) >= 11 is 0. The van der Waals surface area contributed by atoms with Crippen LogP contribution in [0.4, 0.5) is 0 Å². The fourth-order valence-corrected chi connectivity index (χ4v) is 3.39. The molecule has 1 saturated carbocycles. The third-order valence-electron chi connectivity index (χ3n) is 5.06. The maximum atomic E-state index is 11.1. The first kappa shape index (κ1) is 19.3. The van der Waals surface area contributed by atoms with Crippen LogP contribution in [0.25, 0.3) is 0 Å². The van der Waals surface area contributed by atoms with Gasteiger partial charge in [-0.3, -0.25) is 4.79 Å².